The maximum absolute atomic E-state index is 10.9. The minimum Gasteiger partial charge on any atom is -0.189 e. The van der Waals surface area contributed by atoms with E-state index in [1.807, 2.05) is 60.7 Å². The van der Waals surface area contributed by atoms with Gasteiger partial charge in [0.2, 0.25) is 0 Å². The molecule has 0 spiro atoms. The van der Waals surface area contributed by atoms with E-state index in [0.717, 1.165) is 33.0 Å². The average Bonchev–Trinajstić information content (AvgIpc) is 2.76. The fourth-order valence-electron chi connectivity index (χ4n) is 4.77. The number of hydrogen-bond acceptors (Lipinski definition) is 3. The Kier molecular flexibility index (Phi) is 6.21. The quantitative estimate of drug-likeness (QED) is 0.277. The summed E-state index contributed by atoms with van der Waals surface area (Å²) in [6, 6.07) is 26.2. The lowest BCUT2D eigenvalue weighted by Gasteiger charge is -2.30. The third-order valence-corrected chi connectivity index (χ3v) is 7.37. The molecule has 4 heteroatoms. The van der Waals surface area contributed by atoms with E-state index in [2.05, 4.69) is 59.7 Å². The Labute approximate surface area is 203 Å². The molecule has 4 aromatic carbocycles. The summed E-state index contributed by atoms with van der Waals surface area (Å²) in [6.45, 7) is 12.8. The molecule has 4 rings (SSSR count). The Balaban J connectivity index is 2.35. The van der Waals surface area contributed by atoms with Crippen LogP contribution >= 0.6 is 7.94 Å². The second-order valence-electron chi connectivity index (χ2n) is 11.0. The second-order valence-corrected chi connectivity index (χ2v) is 12.6. The van der Waals surface area contributed by atoms with Crippen molar-refractivity contribution in [2.45, 2.75) is 52.4 Å². The van der Waals surface area contributed by atoms with E-state index in [1.165, 1.54) is 5.56 Å². The maximum atomic E-state index is 10.9. The van der Waals surface area contributed by atoms with Gasteiger partial charge in [-0.15, -0.1) is 0 Å². The monoisotopic (exact) mass is 473 g/mol. The number of fused-ring (bicyclic) bond motifs is 1. The topological polar surface area (TPSA) is 60.7 Å². The standard InChI is InChI=1S/C30H34O3P/c1-29(2,3)22-17-18-23-24(19-22)25(20-13-9-7-10-14-20)27(30(4,5)6)28(34(31,32)33)26(23)21-15-11-8-12-16-21/h7-19,31-33H,1-6H3/q+1. The molecule has 0 unspecified atom stereocenters. The molecule has 0 saturated heterocycles. The van der Waals surface area contributed by atoms with Gasteiger partial charge in [0.25, 0.3) is 0 Å². The number of hydrogen-bond donors (Lipinski definition) is 3. The molecule has 3 N–H and O–H groups in total. The van der Waals surface area contributed by atoms with Crippen LogP contribution in [0.1, 0.15) is 52.7 Å². The normalized spacial score (nSPS) is 12.9. The molecule has 0 aliphatic rings. The maximum Gasteiger partial charge on any atom is 0.441 e. The van der Waals surface area contributed by atoms with Crippen molar-refractivity contribution in [1.82, 2.24) is 0 Å². The summed E-state index contributed by atoms with van der Waals surface area (Å²) in [5, 5.41) is 2.17. The van der Waals surface area contributed by atoms with Crippen molar-refractivity contribution in [2.24, 2.45) is 0 Å². The van der Waals surface area contributed by atoms with Crippen LogP contribution in [0, 0.1) is 0 Å². The van der Waals surface area contributed by atoms with Crippen molar-refractivity contribution >= 4 is 24.0 Å². The minimum absolute atomic E-state index is 0.0582. The van der Waals surface area contributed by atoms with Crippen molar-refractivity contribution in [2.75, 3.05) is 0 Å². The lowest BCUT2D eigenvalue weighted by Crippen LogP contribution is -2.28. The van der Waals surface area contributed by atoms with Gasteiger partial charge < -0.3 is 0 Å². The molecule has 0 aliphatic carbocycles. The van der Waals surface area contributed by atoms with Crippen molar-refractivity contribution < 1.29 is 14.7 Å². The minimum atomic E-state index is -4.40. The zero-order valence-electron chi connectivity index (χ0n) is 20.8. The zero-order valence-corrected chi connectivity index (χ0v) is 21.7. The molecule has 0 amide bonds. The van der Waals surface area contributed by atoms with Gasteiger partial charge in [0, 0.05) is 11.1 Å². The third kappa shape index (κ3) is 4.54. The van der Waals surface area contributed by atoms with Gasteiger partial charge in [-0.05, 0) is 49.9 Å². The Morgan fingerprint density at radius 1 is 0.559 bits per heavy atom. The molecule has 0 aromatic heterocycles. The van der Waals surface area contributed by atoms with Gasteiger partial charge in [0.05, 0.1) is 0 Å². The highest BCUT2D eigenvalue weighted by molar-refractivity contribution is 7.67. The molecular formula is C30H34O3P+. The lowest BCUT2D eigenvalue weighted by molar-refractivity contribution is 0.346. The first-order chi connectivity index (χ1) is 15.8. The first-order valence-corrected chi connectivity index (χ1v) is 13.3. The Hall–Kier alpha value is -2.55. The van der Waals surface area contributed by atoms with E-state index < -0.39 is 13.4 Å². The molecule has 0 saturated carbocycles. The van der Waals surface area contributed by atoms with Crippen LogP contribution in [0.25, 0.3) is 33.0 Å². The van der Waals surface area contributed by atoms with Crippen molar-refractivity contribution in [1.29, 1.82) is 0 Å². The van der Waals surface area contributed by atoms with E-state index >= 15 is 0 Å². The fourth-order valence-corrected chi connectivity index (χ4v) is 6.07. The highest BCUT2D eigenvalue weighted by Gasteiger charge is 2.45. The summed E-state index contributed by atoms with van der Waals surface area (Å²) in [7, 11) is -4.40. The molecular weight excluding hydrogens is 439 g/mol. The van der Waals surface area contributed by atoms with E-state index in [-0.39, 0.29) is 10.7 Å². The molecule has 0 heterocycles. The SMILES string of the molecule is CC(C)(C)c1ccc2c(-c3ccccc3)c([P+](O)(O)O)c(C(C)(C)C)c(-c3ccccc3)c2c1. The van der Waals surface area contributed by atoms with Crippen molar-refractivity contribution in [3.63, 3.8) is 0 Å². The predicted octanol–water partition coefficient (Wildman–Crippen LogP) is 7.13. The number of benzene rings is 4. The Morgan fingerprint density at radius 3 is 1.50 bits per heavy atom. The van der Waals surface area contributed by atoms with Gasteiger partial charge in [0.15, 0.2) is 5.30 Å². The molecule has 0 aliphatic heterocycles. The smallest absolute Gasteiger partial charge is 0.189 e. The molecule has 3 nitrogen and oxygen atoms in total. The predicted molar refractivity (Wildman–Crippen MR) is 145 cm³/mol. The van der Waals surface area contributed by atoms with E-state index in [4.69, 9.17) is 0 Å². The van der Waals surface area contributed by atoms with E-state index in [0.29, 0.717) is 5.56 Å². The second kappa shape index (κ2) is 8.59. The molecule has 0 fully saturated rings. The van der Waals surface area contributed by atoms with E-state index in [9.17, 15) is 14.7 Å². The molecule has 0 bridgehead atoms. The summed E-state index contributed by atoms with van der Waals surface area (Å²) >= 11 is 0. The van der Waals surface area contributed by atoms with Gasteiger partial charge in [-0.2, -0.15) is 14.7 Å². The molecule has 4 aromatic rings. The van der Waals surface area contributed by atoms with Crippen LogP contribution in [0.2, 0.25) is 0 Å². The molecule has 34 heavy (non-hydrogen) atoms. The summed E-state index contributed by atoms with van der Waals surface area (Å²) in [6.07, 6.45) is 0. The van der Waals surface area contributed by atoms with Crippen LogP contribution in [-0.4, -0.2) is 14.7 Å². The molecule has 176 valence electrons. The summed E-state index contributed by atoms with van der Waals surface area (Å²) in [5.74, 6) is 0. The Bertz CT molecular complexity index is 1320. The fraction of sp³-hybridized carbons (Fsp3) is 0.267. The van der Waals surface area contributed by atoms with Crippen LogP contribution in [0.3, 0.4) is 0 Å². The Morgan fingerprint density at radius 2 is 1.06 bits per heavy atom. The van der Waals surface area contributed by atoms with Gasteiger partial charge in [-0.25, -0.2) is 0 Å². The zero-order chi connectivity index (χ0) is 24.9. The first kappa shape index (κ1) is 24.6. The highest BCUT2D eigenvalue weighted by atomic mass is 31.2. The molecule has 0 radical (unpaired) electrons. The molecule has 0 atom stereocenters. The lowest BCUT2D eigenvalue weighted by atomic mass is 9.76. The van der Waals surface area contributed by atoms with Crippen LogP contribution < -0.4 is 5.30 Å². The van der Waals surface area contributed by atoms with Crippen molar-refractivity contribution in [3.05, 3.63) is 90.0 Å². The van der Waals surface area contributed by atoms with Crippen LogP contribution in [0.15, 0.2) is 78.9 Å². The van der Waals surface area contributed by atoms with Crippen LogP contribution in [-0.2, 0) is 10.8 Å². The number of rotatable bonds is 3. The van der Waals surface area contributed by atoms with Gasteiger partial charge in [-0.3, -0.25) is 0 Å². The third-order valence-electron chi connectivity index (χ3n) is 6.32. The first-order valence-electron chi connectivity index (χ1n) is 11.6. The summed E-state index contributed by atoms with van der Waals surface area (Å²) < 4.78 is 0. The van der Waals surface area contributed by atoms with Crippen molar-refractivity contribution in [3.8, 4) is 22.3 Å². The van der Waals surface area contributed by atoms with Crippen LogP contribution in [0.4, 0.5) is 0 Å². The van der Waals surface area contributed by atoms with Gasteiger partial charge >= 0.3 is 7.94 Å². The summed E-state index contributed by atoms with van der Waals surface area (Å²) in [5.41, 5.74) is 4.87. The van der Waals surface area contributed by atoms with Gasteiger partial charge in [0.1, 0.15) is 0 Å². The van der Waals surface area contributed by atoms with E-state index in [1.54, 1.807) is 0 Å². The largest absolute Gasteiger partial charge is 0.441 e. The van der Waals surface area contributed by atoms with Crippen LogP contribution in [0.5, 0.6) is 0 Å². The van der Waals surface area contributed by atoms with Gasteiger partial charge in [-0.1, -0.05) is 114 Å². The highest BCUT2D eigenvalue weighted by Crippen LogP contribution is 2.54. The average molecular weight is 474 g/mol. The summed E-state index contributed by atoms with van der Waals surface area (Å²) in [4.78, 5) is 32.7.